The Morgan fingerprint density at radius 3 is 1.58 bits per heavy atom. The Bertz CT molecular complexity index is 661. The number of methoxy groups -OCH3 is 3. The van der Waals surface area contributed by atoms with Crippen LogP contribution in [0.25, 0.3) is 11.1 Å². The molecular weight excluding hydrogens is 328 g/mol. The van der Waals surface area contributed by atoms with Gasteiger partial charge >= 0.3 is 0 Å². The summed E-state index contributed by atoms with van der Waals surface area (Å²) in [4.78, 5) is 0. The molecule has 7 heteroatoms. The zero-order chi connectivity index (χ0) is 17.7. The normalized spacial score (nSPS) is 10.4. The highest BCUT2D eigenvalue weighted by Gasteiger charge is 2.21. The maximum Gasteiger partial charge on any atom is 0.186 e. The van der Waals surface area contributed by atoms with Gasteiger partial charge in [-0.3, -0.25) is 0 Å². The fourth-order valence-electron chi connectivity index (χ4n) is 2.56. The van der Waals surface area contributed by atoms with E-state index in [0.717, 1.165) is 22.3 Å². The molecule has 24 heavy (non-hydrogen) atoms. The van der Waals surface area contributed by atoms with E-state index in [0.29, 0.717) is 36.1 Å². The molecule has 0 saturated heterocycles. The second-order valence-electron chi connectivity index (χ2n) is 5.05. The molecule has 0 fully saturated rings. The van der Waals surface area contributed by atoms with Gasteiger partial charge in [0.2, 0.25) is 0 Å². The summed E-state index contributed by atoms with van der Waals surface area (Å²) in [5.74, 6) is 2.14. The summed E-state index contributed by atoms with van der Waals surface area (Å²) >= 11 is 3.97. The number of hydrogen-bond donors (Lipinski definition) is 3. The van der Waals surface area contributed by atoms with Crippen LogP contribution in [0.3, 0.4) is 0 Å². The summed E-state index contributed by atoms with van der Waals surface area (Å²) in [5, 5.41) is 0. The van der Waals surface area contributed by atoms with E-state index >= 15 is 0 Å². The van der Waals surface area contributed by atoms with Gasteiger partial charge in [0.1, 0.15) is 0 Å². The van der Waals surface area contributed by atoms with Gasteiger partial charge in [0.25, 0.3) is 0 Å². The van der Waals surface area contributed by atoms with Crippen molar-refractivity contribution in [3.05, 3.63) is 35.4 Å². The van der Waals surface area contributed by atoms with E-state index in [1.54, 1.807) is 21.3 Å². The van der Waals surface area contributed by atoms with Crippen LogP contribution in [0.1, 0.15) is 11.1 Å². The van der Waals surface area contributed by atoms with Gasteiger partial charge in [0.15, 0.2) is 23.0 Å². The highest BCUT2D eigenvalue weighted by atomic mass is 32.1. The molecule has 0 aliphatic rings. The van der Waals surface area contributed by atoms with Gasteiger partial charge in [-0.2, -0.15) is 0 Å². The van der Waals surface area contributed by atoms with Crippen molar-refractivity contribution < 1.29 is 18.4 Å². The lowest BCUT2D eigenvalue weighted by atomic mass is 9.97. The van der Waals surface area contributed by atoms with Crippen LogP contribution in [-0.4, -0.2) is 21.3 Å². The first-order chi connectivity index (χ1) is 11.6. The van der Waals surface area contributed by atoms with E-state index in [9.17, 15) is 0 Å². The van der Waals surface area contributed by atoms with E-state index in [-0.39, 0.29) is 0 Å². The Labute approximate surface area is 147 Å². The predicted octanol–water partition coefficient (Wildman–Crippen LogP) is 2.52. The fourth-order valence-corrected chi connectivity index (χ4v) is 2.75. The van der Waals surface area contributed by atoms with Crippen LogP contribution in [0.5, 0.6) is 23.0 Å². The second-order valence-corrected chi connectivity index (χ2v) is 5.24. The Morgan fingerprint density at radius 1 is 0.750 bits per heavy atom. The van der Waals surface area contributed by atoms with Crippen molar-refractivity contribution in [2.75, 3.05) is 21.3 Å². The van der Waals surface area contributed by atoms with Crippen molar-refractivity contribution in [3.8, 4) is 34.1 Å². The largest absolute Gasteiger partial charge is 0.493 e. The third kappa shape index (κ3) is 3.38. The minimum atomic E-state index is 0.353. The van der Waals surface area contributed by atoms with Crippen molar-refractivity contribution in [2.45, 2.75) is 13.1 Å². The first-order valence-corrected chi connectivity index (χ1v) is 7.67. The van der Waals surface area contributed by atoms with Crippen molar-refractivity contribution in [1.82, 2.24) is 0 Å². The molecule has 0 aliphatic carbocycles. The highest BCUT2D eigenvalue weighted by molar-refractivity contribution is 7.75. The number of hydrogen-bond acceptors (Lipinski definition) is 7. The van der Waals surface area contributed by atoms with Gasteiger partial charge in [-0.05, 0) is 35.4 Å². The van der Waals surface area contributed by atoms with E-state index in [1.165, 1.54) is 0 Å². The second kappa shape index (κ2) is 8.14. The van der Waals surface area contributed by atoms with E-state index < -0.39 is 0 Å². The zero-order valence-corrected chi connectivity index (χ0v) is 14.9. The first-order valence-electron chi connectivity index (χ1n) is 7.31. The fraction of sp³-hybridized carbons (Fsp3) is 0.294. The molecule has 2 aromatic carbocycles. The van der Waals surface area contributed by atoms with E-state index in [1.807, 2.05) is 24.3 Å². The number of benzene rings is 2. The molecule has 0 spiro atoms. The Morgan fingerprint density at radius 2 is 1.21 bits per heavy atom. The smallest absolute Gasteiger partial charge is 0.186 e. The maximum absolute atomic E-state index is 5.81. The molecule has 0 unspecified atom stereocenters. The van der Waals surface area contributed by atoms with Crippen molar-refractivity contribution in [3.63, 3.8) is 0 Å². The predicted molar refractivity (Wildman–Crippen MR) is 96.9 cm³/mol. The molecule has 0 amide bonds. The molecule has 0 radical (unpaired) electrons. The lowest BCUT2D eigenvalue weighted by Crippen LogP contribution is -2.03. The molecule has 0 saturated carbocycles. The molecule has 0 heterocycles. The third-order valence-electron chi connectivity index (χ3n) is 3.73. The number of nitrogens with two attached hydrogens (primary N) is 2. The number of thiol groups is 1. The summed E-state index contributed by atoms with van der Waals surface area (Å²) in [6.45, 7) is 0.713. The lowest BCUT2D eigenvalue weighted by molar-refractivity contribution is 0.355. The third-order valence-corrected chi connectivity index (χ3v) is 3.91. The summed E-state index contributed by atoms with van der Waals surface area (Å²) in [7, 11) is 4.72. The number of rotatable bonds is 7. The van der Waals surface area contributed by atoms with Gasteiger partial charge in [-0.25, -0.2) is 0 Å². The van der Waals surface area contributed by atoms with Crippen LogP contribution in [-0.2, 0) is 13.1 Å². The van der Waals surface area contributed by atoms with Crippen LogP contribution in [0.15, 0.2) is 24.3 Å². The molecule has 0 aliphatic heterocycles. The van der Waals surface area contributed by atoms with Crippen LogP contribution in [0.4, 0.5) is 0 Å². The van der Waals surface area contributed by atoms with Crippen LogP contribution < -0.4 is 29.9 Å². The monoisotopic (exact) mass is 350 g/mol. The lowest BCUT2D eigenvalue weighted by Gasteiger charge is -2.18. The van der Waals surface area contributed by atoms with E-state index in [2.05, 4.69) is 12.9 Å². The van der Waals surface area contributed by atoms with Gasteiger partial charge in [-0.1, -0.05) is 0 Å². The van der Waals surface area contributed by atoms with Crippen LogP contribution in [0, 0.1) is 0 Å². The highest BCUT2D eigenvalue weighted by Crippen LogP contribution is 2.46. The van der Waals surface area contributed by atoms with Crippen LogP contribution in [0.2, 0.25) is 0 Å². The molecule has 0 bridgehead atoms. The maximum atomic E-state index is 5.81. The number of ether oxygens (including phenoxy) is 3. The van der Waals surface area contributed by atoms with Gasteiger partial charge in [0.05, 0.1) is 21.3 Å². The zero-order valence-electron chi connectivity index (χ0n) is 14.0. The van der Waals surface area contributed by atoms with Gasteiger partial charge in [-0.15, -0.1) is 0 Å². The molecule has 0 atom stereocenters. The summed E-state index contributed by atoms with van der Waals surface area (Å²) in [6, 6.07) is 7.48. The van der Waals surface area contributed by atoms with Gasteiger partial charge < -0.3 is 29.9 Å². The molecule has 0 aromatic heterocycles. The Kier molecular flexibility index (Phi) is 6.19. The summed E-state index contributed by atoms with van der Waals surface area (Å²) in [6.07, 6.45) is 0. The molecule has 2 aromatic rings. The minimum Gasteiger partial charge on any atom is -0.493 e. The molecule has 2 rings (SSSR count). The van der Waals surface area contributed by atoms with Crippen LogP contribution >= 0.6 is 12.9 Å². The van der Waals surface area contributed by atoms with Gasteiger partial charge in [0, 0.05) is 37.1 Å². The summed E-state index contributed by atoms with van der Waals surface area (Å²) < 4.78 is 21.7. The molecule has 130 valence electrons. The SMILES string of the molecule is COc1cc(CN)cc(-c2cc(CN)cc(OC)c2OS)c1OC. The Hall–Kier alpha value is -2.09. The topological polar surface area (TPSA) is 89.0 Å². The molecule has 4 N–H and O–H groups in total. The van der Waals surface area contributed by atoms with E-state index in [4.69, 9.17) is 29.9 Å². The quantitative estimate of drug-likeness (QED) is 0.525. The standard InChI is InChI=1S/C17H22N2O4S/c1-20-14-6-10(8-18)4-12(16(14)22-3)13-5-11(9-19)7-15(21-2)17(13)23-24/h4-7,24H,8-9,18-19H2,1-3H3. The average molecular weight is 350 g/mol. The average Bonchev–Trinajstić information content (AvgIpc) is 2.65. The molecule has 6 nitrogen and oxygen atoms in total. The minimum absolute atomic E-state index is 0.353. The van der Waals surface area contributed by atoms with Crippen molar-refractivity contribution in [2.24, 2.45) is 11.5 Å². The van der Waals surface area contributed by atoms with Crippen molar-refractivity contribution >= 4 is 12.9 Å². The first kappa shape index (κ1) is 18.3. The Balaban J connectivity index is 2.83. The molecular formula is C17H22N2O4S. The summed E-state index contributed by atoms with van der Waals surface area (Å²) in [5.41, 5.74) is 14.9. The van der Waals surface area contributed by atoms with Crippen molar-refractivity contribution in [1.29, 1.82) is 0 Å².